The summed E-state index contributed by atoms with van der Waals surface area (Å²) in [6.45, 7) is 1.27. The molecule has 0 bridgehead atoms. The minimum atomic E-state index is -0.660. The van der Waals surface area contributed by atoms with Gasteiger partial charge in [0.25, 0.3) is 0 Å². The molecule has 0 amide bonds. The summed E-state index contributed by atoms with van der Waals surface area (Å²) in [5.41, 5.74) is 1.58. The SMILES string of the molecule is [2H]/C(=C\C(O)=CC(=O)/C=C(\[2H])c1ccc(O)c(CO)c1)c1ccc(O)c(C)c1. The highest BCUT2D eigenvalue weighted by Crippen LogP contribution is 2.19. The molecule has 2 aromatic rings. The number of aromatic hydroxyl groups is 2. The van der Waals surface area contributed by atoms with Crippen LogP contribution in [0.3, 0.4) is 0 Å². The highest BCUT2D eigenvalue weighted by Gasteiger charge is 2.01. The molecule has 26 heavy (non-hydrogen) atoms. The first-order valence-electron chi connectivity index (χ1n) is 8.75. The van der Waals surface area contributed by atoms with Crippen molar-refractivity contribution in [2.45, 2.75) is 13.5 Å². The van der Waals surface area contributed by atoms with Crippen molar-refractivity contribution in [3.63, 3.8) is 0 Å². The van der Waals surface area contributed by atoms with E-state index in [1.165, 1.54) is 30.3 Å². The summed E-state index contributed by atoms with van der Waals surface area (Å²) in [5, 5.41) is 38.1. The number of carbonyl (C=O) groups is 1. The van der Waals surface area contributed by atoms with Gasteiger partial charge >= 0.3 is 0 Å². The minimum Gasteiger partial charge on any atom is -0.508 e. The molecular weight excluding hydrogens is 332 g/mol. The summed E-state index contributed by atoms with van der Waals surface area (Å²) in [5.74, 6) is -1.13. The summed E-state index contributed by atoms with van der Waals surface area (Å²) < 4.78 is 15.9. The van der Waals surface area contributed by atoms with Gasteiger partial charge in [-0.3, -0.25) is 4.79 Å². The second-order valence-corrected chi connectivity index (χ2v) is 5.55. The Balaban J connectivity index is 2.20. The number of hydrogen-bond acceptors (Lipinski definition) is 5. The maximum Gasteiger partial charge on any atom is 0.182 e. The summed E-state index contributed by atoms with van der Waals surface area (Å²) >= 11 is 0. The lowest BCUT2D eigenvalue weighted by Gasteiger charge is -2.01. The molecule has 0 fully saturated rings. The van der Waals surface area contributed by atoms with Crippen LogP contribution in [0.5, 0.6) is 11.5 Å². The summed E-state index contributed by atoms with van der Waals surface area (Å²) in [7, 11) is 0. The number of aryl methyl sites for hydroxylation is 1. The normalized spacial score (nSPS) is 14.0. The van der Waals surface area contributed by atoms with E-state index in [1.54, 1.807) is 13.0 Å². The third-order valence-electron chi connectivity index (χ3n) is 3.50. The first-order chi connectivity index (χ1) is 13.2. The number of carbonyl (C=O) groups excluding carboxylic acids is 1. The van der Waals surface area contributed by atoms with Crippen LogP contribution in [0.2, 0.25) is 0 Å². The largest absolute Gasteiger partial charge is 0.508 e. The Labute approximate surface area is 154 Å². The van der Waals surface area contributed by atoms with Gasteiger partial charge in [0.05, 0.1) is 9.35 Å². The topological polar surface area (TPSA) is 98.0 Å². The Morgan fingerprint density at radius 3 is 2.31 bits per heavy atom. The van der Waals surface area contributed by atoms with E-state index < -0.39 is 18.1 Å². The number of aliphatic hydroxyl groups is 2. The van der Waals surface area contributed by atoms with Gasteiger partial charge in [0.15, 0.2) is 5.78 Å². The van der Waals surface area contributed by atoms with E-state index in [0.717, 1.165) is 18.2 Å². The van der Waals surface area contributed by atoms with Crippen LogP contribution in [0.4, 0.5) is 0 Å². The molecule has 134 valence electrons. The van der Waals surface area contributed by atoms with Gasteiger partial charge in [-0.15, -0.1) is 0 Å². The van der Waals surface area contributed by atoms with Gasteiger partial charge in [-0.25, -0.2) is 0 Å². The average molecular weight is 354 g/mol. The zero-order valence-corrected chi connectivity index (χ0v) is 14.1. The summed E-state index contributed by atoms with van der Waals surface area (Å²) in [4.78, 5) is 12.0. The highest BCUT2D eigenvalue weighted by atomic mass is 16.3. The first kappa shape index (κ1) is 16.2. The number of hydrogen-bond donors (Lipinski definition) is 4. The zero-order valence-electron chi connectivity index (χ0n) is 16.1. The van der Waals surface area contributed by atoms with Crippen molar-refractivity contribution in [2.75, 3.05) is 0 Å². The maximum atomic E-state index is 12.0. The third-order valence-corrected chi connectivity index (χ3v) is 3.50. The Morgan fingerprint density at radius 1 is 1.04 bits per heavy atom. The molecule has 0 unspecified atom stereocenters. The number of benzene rings is 2. The van der Waals surface area contributed by atoms with E-state index in [2.05, 4.69) is 0 Å². The molecule has 0 aliphatic rings. The van der Waals surface area contributed by atoms with E-state index >= 15 is 0 Å². The van der Waals surface area contributed by atoms with Crippen molar-refractivity contribution in [3.05, 3.63) is 82.6 Å². The minimum absolute atomic E-state index is 0.0501. The summed E-state index contributed by atoms with van der Waals surface area (Å²) in [6.07, 6.45) is 2.95. The number of allylic oxidation sites excluding steroid dienone is 3. The summed E-state index contributed by atoms with van der Waals surface area (Å²) in [6, 6.07) is 8.45. The molecule has 2 rings (SSSR count). The zero-order chi connectivity index (χ0) is 20.8. The molecule has 5 nitrogen and oxygen atoms in total. The van der Waals surface area contributed by atoms with Crippen molar-refractivity contribution in [3.8, 4) is 11.5 Å². The average Bonchev–Trinajstić information content (AvgIpc) is 2.63. The Hall–Kier alpha value is -3.31. The molecule has 5 heteroatoms. The molecule has 0 radical (unpaired) electrons. The number of ketones is 1. The van der Waals surface area contributed by atoms with Gasteiger partial charge in [0.1, 0.15) is 17.3 Å². The monoisotopic (exact) mass is 354 g/mol. The second-order valence-electron chi connectivity index (χ2n) is 5.55. The molecule has 0 atom stereocenters. The lowest BCUT2D eigenvalue weighted by molar-refractivity contribution is -0.110. The van der Waals surface area contributed by atoms with Gasteiger partial charge in [0.2, 0.25) is 0 Å². The fourth-order valence-electron chi connectivity index (χ4n) is 2.09. The predicted octanol–water partition coefficient (Wildman–Crippen LogP) is 3.64. The quantitative estimate of drug-likeness (QED) is 0.361. The Kier molecular flexibility index (Phi) is 5.41. The lowest BCUT2D eigenvalue weighted by Crippen LogP contribution is -1.89. The molecule has 0 aliphatic carbocycles. The first-order valence-corrected chi connectivity index (χ1v) is 7.75. The number of phenols is 2. The van der Waals surface area contributed by atoms with Crippen LogP contribution in [0, 0.1) is 6.92 Å². The molecule has 0 saturated carbocycles. The number of phenolic OH excluding ortho intramolecular Hbond substituents is 1. The number of rotatable bonds is 6. The van der Waals surface area contributed by atoms with Crippen molar-refractivity contribution in [2.24, 2.45) is 0 Å². The molecule has 0 heterocycles. The smallest absolute Gasteiger partial charge is 0.182 e. The molecule has 4 N–H and O–H groups in total. The van der Waals surface area contributed by atoms with E-state index in [-0.39, 0.29) is 29.2 Å². The lowest BCUT2D eigenvalue weighted by atomic mass is 10.1. The maximum absolute atomic E-state index is 12.0. The van der Waals surface area contributed by atoms with Crippen molar-refractivity contribution in [1.82, 2.24) is 0 Å². The Morgan fingerprint density at radius 2 is 1.65 bits per heavy atom. The molecular formula is C21H20O5. The van der Waals surface area contributed by atoms with E-state index in [4.69, 9.17) is 7.85 Å². The van der Waals surface area contributed by atoms with Crippen LogP contribution < -0.4 is 0 Å². The molecule has 0 spiro atoms. The molecule has 0 saturated heterocycles. The Bertz CT molecular complexity index is 990. The van der Waals surface area contributed by atoms with Crippen LogP contribution in [0.1, 0.15) is 25.0 Å². The van der Waals surface area contributed by atoms with Crippen LogP contribution in [-0.4, -0.2) is 26.2 Å². The van der Waals surface area contributed by atoms with Crippen LogP contribution in [0.25, 0.3) is 12.1 Å². The highest BCUT2D eigenvalue weighted by molar-refractivity contribution is 6.02. The van der Waals surface area contributed by atoms with Gasteiger partial charge in [0, 0.05) is 11.6 Å². The predicted molar refractivity (Wildman–Crippen MR) is 101 cm³/mol. The fraction of sp³-hybridized carbons (Fsp3) is 0.0952. The molecule has 2 aromatic carbocycles. The fourth-order valence-corrected chi connectivity index (χ4v) is 2.09. The van der Waals surface area contributed by atoms with E-state index in [1.807, 2.05) is 0 Å². The third kappa shape index (κ3) is 5.36. The van der Waals surface area contributed by atoms with Gasteiger partial charge < -0.3 is 20.4 Å². The van der Waals surface area contributed by atoms with E-state index in [9.17, 15) is 20.1 Å². The van der Waals surface area contributed by atoms with Gasteiger partial charge in [-0.2, -0.15) is 0 Å². The van der Waals surface area contributed by atoms with Gasteiger partial charge in [-0.05, 0) is 60.0 Å². The van der Waals surface area contributed by atoms with Crippen LogP contribution >= 0.6 is 0 Å². The van der Waals surface area contributed by atoms with Gasteiger partial charge in [-0.1, -0.05) is 24.2 Å². The van der Waals surface area contributed by atoms with Crippen molar-refractivity contribution in [1.29, 1.82) is 0 Å². The van der Waals surface area contributed by atoms with Crippen LogP contribution in [0.15, 0.2) is 60.4 Å². The standard InChI is InChI=1S/C21H20O5/c1-14-10-15(4-8-20(14)25)2-6-18(23)12-19(24)7-3-16-5-9-21(26)17(11-16)13-22/h2-12,22-23,25-26H,13H2,1H3/b6-2+,7-3+,18-12?/i2D,3D. The number of aliphatic hydroxyl groups excluding tert-OH is 2. The van der Waals surface area contributed by atoms with E-state index in [0.29, 0.717) is 16.7 Å². The molecule has 0 aromatic heterocycles. The van der Waals surface area contributed by atoms with Crippen LogP contribution in [-0.2, 0) is 11.4 Å². The van der Waals surface area contributed by atoms with Crippen molar-refractivity contribution >= 4 is 17.9 Å². The second kappa shape index (κ2) is 8.69. The van der Waals surface area contributed by atoms with Crippen molar-refractivity contribution < 1.29 is 28.0 Å². The molecule has 0 aliphatic heterocycles.